The number of hydrogen-bond donors (Lipinski definition) is 1. The zero-order valence-electron chi connectivity index (χ0n) is 7.47. The Labute approximate surface area is 81.6 Å². The van der Waals surface area contributed by atoms with Gasteiger partial charge in [-0.15, -0.1) is 0 Å². The summed E-state index contributed by atoms with van der Waals surface area (Å²) >= 11 is 5.54. The van der Waals surface area contributed by atoms with Crippen LogP contribution >= 0.6 is 11.6 Å². The maximum Gasteiger partial charge on any atom is 0.142 e. The molecule has 1 rings (SSSR count). The smallest absolute Gasteiger partial charge is 0.142 e. The van der Waals surface area contributed by atoms with E-state index in [9.17, 15) is 4.39 Å². The summed E-state index contributed by atoms with van der Waals surface area (Å²) in [7, 11) is 1.52. The summed E-state index contributed by atoms with van der Waals surface area (Å²) in [5.74, 6) is -0.413. The Kier molecular flexibility index (Phi) is 3.66. The van der Waals surface area contributed by atoms with E-state index in [4.69, 9.17) is 16.4 Å². The van der Waals surface area contributed by atoms with Crippen LogP contribution in [0.4, 0.5) is 4.39 Å². The number of benzene rings is 1. The van der Waals surface area contributed by atoms with Crippen LogP contribution in [0.15, 0.2) is 18.2 Å². The Balaban J connectivity index is 2.84. The molecule has 0 saturated carbocycles. The van der Waals surface area contributed by atoms with E-state index in [1.165, 1.54) is 19.2 Å². The maximum atomic E-state index is 13.0. The van der Waals surface area contributed by atoms with Crippen LogP contribution < -0.4 is 5.48 Å². The predicted molar refractivity (Wildman–Crippen MR) is 50.0 cm³/mol. The molecule has 13 heavy (non-hydrogen) atoms. The fourth-order valence-corrected chi connectivity index (χ4v) is 1.14. The predicted octanol–water partition coefficient (Wildman–Crippen LogP) is 2.69. The summed E-state index contributed by atoms with van der Waals surface area (Å²) in [6.07, 6.45) is 0. The highest BCUT2D eigenvalue weighted by atomic mass is 35.5. The molecular formula is C9H11ClFNO. The van der Waals surface area contributed by atoms with Gasteiger partial charge in [-0.3, -0.25) is 0 Å². The van der Waals surface area contributed by atoms with Crippen LogP contribution in [0.1, 0.15) is 18.5 Å². The van der Waals surface area contributed by atoms with Crippen LogP contribution in [-0.4, -0.2) is 7.11 Å². The molecule has 0 radical (unpaired) electrons. The van der Waals surface area contributed by atoms with Crippen molar-refractivity contribution in [3.05, 3.63) is 34.6 Å². The van der Waals surface area contributed by atoms with E-state index in [0.717, 1.165) is 5.56 Å². The van der Waals surface area contributed by atoms with Gasteiger partial charge in [0.05, 0.1) is 18.2 Å². The van der Waals surface area contributed by atoms with Gasteiger partial charge in [0, 0.05) is 0 Å². The summed E-state index contributed by atoms with van der Waals surface area (Å²) < 4.78 is 13.0. The fraction of sp³-hybridized carbons (Fsp3) is 0.333. The molecule has 1 unspecified atom stereocenters. The lowest BCUT2D eigenvalue weighted by Gasteiger charge is -2.12. The second kappa shape index (κ2) is 4.56. The van der Waals surface area contributed by atoms with Gasteiger partial charge in [0.15, 0.2) is 0 Å². The topological polar surface area (TPSA) is 21.3 Å². The van der Waals surface area contributed by atoms with E-state index in [0.29, 0.717) is 0 Å². The van der Waals surface area contributed by atoms with Gasteiger partial charge in [0.1, 0.15) is 5.82 Å². The minimum atomic E-state index is -0.413. The fourth-order valence-electron chi connectivity index (χ4n) is 1.03. The van der Waals surface area contributed by atoms with E-state index in [2.05, 4.69) is 5.48 Å². The standard InChI is InChI=1S/C9H11ClFNO/c1-6(12-13-2)7-3-4-8(10)9(11)5-7/h3-6,12H,1-2H3. The van der Waals surface area contributed by atoms with Gasteiger partial charge in [-0.05, 0) is 24.6 Å². The third kappa shape index (κ3) is 2.66. The molecule has 0 aliphatic heterocycles. The van der Waals surface area contributed by atoms with E-state index in [1.54, 1.807) is 6.07 Å². The summed E-state index contributed by atoms with van der Waals surface area (Å²) in [6, 6.07) is 4.61. The minimum absolute atomic E-state index is 0.0585. The van der Waals surface area contributed by atoms with Crippen LogP contribution in [0.3, 0.4) is 0 Å². The van der Waals surface area contributed by atoms with E-state index < -0.39 is 5.82 Å². The minimum Gasteiger partial charge on any atom is -0.305 e. The lowest BCUT2D eigenvalue weighted by Crippen LogP contribution is -2.16. The first-order valence-electron chi connectivity index (χ1n) is 3.88. The monoisotopic (exact) mass is 203 g/mol. The van der Waals surface area contributed by atoms with Crippen LogP contribution in [0.25, 0.3) is 0 Å². The SMILES string of the molecule is CONC(C)c1ccc(Cl)c(F)c1. The first-order chi connectivity index (χ1) is 6.15. The molecule has 0 amide bonds. The molecular weight excluding hydrogens is 193 g/mol. The van der Waals surface area contributed by atoms with E-state index in [-0.39, 0.29) is 11.1 Å². The quantitative estimate of drug-likeness (QED) is 0.763. The van der Waals surface area contributed by atoms with Crippen molar-refractivity contribution < 1.29 is 9.23 Å². The molecule has 0 aliphatic rings. The molecule has 0 aromatic heterocycles. The summed E-state index contributed by atoms with van der Waals surface area (Å²) in [6.45, 7) is 1.87. The molecule has 4 heteroatoms. The first kappa shape index (κ1) is 10.4. The molecule has 0 bridgehead atoms. The third-order valence-electron chi connectivity index (χ3n) is 1.74. The van der Waals surface area contributed by atoms with Gasteiger partial charge >= 0.3 is 0 Å². The van der Waals surface area contributed by atoms with E-state index in [1.807, 2.05) is 6.92 Å². The Morgan fingerprint density at radius 2 is 2.23 bits per heavy atom. The molecule has 2 nitrogen and oxygen atoms in total. The molecule has 0 aliphatic carbocycles. The third-order valence-corrected chi connectivity index (χ3v) is 2.04. The molecule has 1 aromatic carbocycles. The molecule has 0 spiro atoms. The van der Waals surface area contributed by atoms with Gasteiger partial charge in [-0.2, -0.15) is 5.48 Å². The molecule has 0 saturated heterocycles. The highest BCUT2D eigenvalue weighted by Crippen LogP contribution is 2.19. The van der Waals surface area contributed by atoms with Crippen LogP contribution in [0.5, 0.6) is 0 Å². The van der Waals surface area contributed by atoms with Crippen LogP contribution in [0.2, 0.25) is 5.02 Å². The van der Waals surface area contributed by atoms with Crippen LogP contribution in [-0.2, 0) is 4.84 Å². The van der Waals surface area contributed by atoms with E-state index >= 15 is 0 Å². The van der Waals surface area contributed by atoms with Crippen molar-refractivity contribution in [2.24, 2.45) is 0 Å². The summed E-state index contributed by atoms with van der Waals surface area (Å²) in [5, 5.41) is 0.133. The zero-order valence-corrected chi connectivity index (χ0v) is 8.23. The van der Waals surface area contributed by atoms with Gasteiger partial charge in [0.2, 0.25) is 0 Å². The van der Waals surface area contributed by atoms with Crippen molar-refractivity contribution in [1.29, 1.82) is 0 Å². The van der Waals surface area contributed by atoms with Crippen molar-refractivity contribution in [2.75, 3.05) is 7.11 Å². The number of hydrogen-bond acceptors (Lipinski definition) is 2. The molecule has 0 heterocycles. The van der Waals surface area contributed by atoms with Crippen molar-refractivity contribution in [3.63, 3.8) is 0 Å². The van der Waals surface area contributed by atoms with Crippen molar-refractivity contribution in [1.82, 2.24) is 5.48 Å². The molecule has 1 N–H and O–H groups in total. The molecule has 0 fully saturated rings. The second-order valence-corrected chi connectivity index (χ2v) is 3.12. The number of hydroxylamine groups is 1. The molecule has 1 atom stereocenters. The lowest BCUT2D eigenvalue weighted by atomic mass is 10.1. The van der Waals surface area contributed by atoms with Crippen LogP contribution in [0, 0.1) is 5.82 Å². The maximum absolute atomic E-state index is 13.0. The van der Waals surface area contributed by atoms with Crippen molar-refractivity contribution >= 4 is 11.6 Å². The van der Waals surface area contributed by atoms with Gasteiger partial charge in [0.25, 0.3) is 0 Å². The highest BCUT2D eigenvalue weighted by Gasteiger charge is 2.07. The largest absolute Gasteiger partial charge is 0.305 e. The van der Waals surface area contributed by atoms with Gasteiger partial charge < -0.3 is 4.84 Å². The highest BCUT2D eigenvalue weighted by molar-refractivity contribution is 6.30. The Morgan fingerprint density at radius 1 is 1.54 bits per heavy atom. The number of rotatable bonds is 3. The first-order valence-corrected chi connectivity index (χ1v) is 4.26. The number of nitrogens with one attached hydrogen (secondary N) is 1. The lowest BCUT2D eigenvalue weighted by molar-refractivity contribution is 0.0658. The molecule has 72 valence electrons. The zero-order chi connectivity index (χ0) is 9.84. The van der Waals surface area contributed by atoms with Gasteiger partial charge in [-0.1, -0.05) is 17.7 Å². The second-order valence-electron chi connectivity index (χ2n) is 2.72. The van der Waals surface area contributed by atoms with Gasteiger partial charge in [-0.25, -0.2) is 4.39 Å². The average Bonchev–Trinajstić information content (AvgIpc) is 2.10. The Morgan fingerprint density at radius 3 is 2.77 bits per heavy atom. The van der Waals surface area contributed by atoms with Crippen molar-refractivity contribution in [2.45, 2.75) is 13.0 Å². The Hall–Kier alpha value is -0.640. The Bertz CT molecular complexity index is 293. The average molecular weight is 204 g/mol. The molecule has 1 aromatic rings. The summed E-state index contributed by atoms with van der Waals surface area (Å²) in [4.78, 5) is 4.72. The number of halogens is 2. The summed E-state index contributed by atoms with van der Waals surface area (Å²) in [5.41, 5.74) is 3.49. The normalized spacial score (nSPS) is 12.9. The van der Waals surface area contributed by atoms with Crippen molar-refractivity contribution in [3.8, 4) is 0 Å².